The minimum absolute atomic E-state index is 0.151. The maximum absolute atomic E-state index is 9.32. The monoisotopic (exact) mass is 251 g/mol. The van der Waals surface area contributed by atoms with Crippen LogP contribution in [0, 0.1) is 0 Å². The van der Waals surface area contributed by atoms with Crippen molar-refractivity contribution in [2.45, 2.75) is 45.9 Å². The van der Waals surface area contributed by atoms with Crippen LogP contribution in [0.1, 0.15) is 33.3 Å². The summed E-state index contributed by atoms with van der Waals surface area (Å²) in [7, 11) is 2.02. The average Bonchev–Trinajstić information content (AvgIpc) is 2.31. The molecule has 102 valence electrons. The lowest BCUT2D eigenvalue weighted by Crippen LogP contribution is -2.43. The highest BCUT2D eigenvalue weighted by Crippen LogP contribution is 2.18. The van der Waals surface area contributed by atoms with E-state index in [1.807, 2.05) is 46.9 Å². The van der Waals surface area contributed by atoms with E-state index < -0.39 is 0 Å². The van der Waals surface area contributed by atoms with Crippen LogP contribution in [0.2, 0.25) is 0 Å². The number of benzene rings is 1. The summed E-state index contributed by atoms with van der Waals surface area (Å²) in [6.07, 6.45) is 0.201. The van der Waals surface area contributed by atoms with Crippen LogP contribution in [0.5, 0.6) is 5.75 Å². The second-order valence-electron chi connectivity index (χ2n) is 5.64. The van der Waals surface area contributed by atoms with Crippen LogP contribution < -0.4 is 4.74 Å². The van der Waals surface area contributed by atoms with Gasteiger partial charge in [0.15, 0.2) is 0 Å². The molecule has 0 saturated heterocycles. The normalized spacial score (nSPS) is 12.2. The summed E-state index contributed by atoms with van der Waals surface area (Å²) >= 11 is 0. The molecule has 18 heavy (non-hydrogen) atoms. The first-order chi connectivity index (χ1) is 8.35. The van der Waals surface area contributed by atoms with Crippen molar-refractivity contribution in [2.24, 2.45) is 0 Å². The van der Waals surface area contributed by atoms with Crippen molar-refractivity contribution in [1.29, 1.82) is 0 Å². The van der Waals surface area contributed by atoms with Crippen LogP contribution in [0.4, 0.5) is 0 Å². The van der Waals surface area contributed by atoms with Gasteiger partial charge in [0.1, 0.15) is 5.75 Å². The first-order valence-electron chi connectivity index (χ1n) is 6.43. The Morgan fingerprint density at radius 3 is 2.22 bits per heavy atom. The first-order valence-corrected chi connectivity index (χ1v) is 6.43. The smallest absolute Gasteiger partial charge is 0.119 e. The molecule has 3 heteroatoms. The molecule has 0 unspecified atom stereocenters. The zero-order chi connectivity index (χ0) is 13.8. The summed E-state index contributed by atoms with van der Waals surface area (Å²) < 4.78 is 5.61. The Kier molecular flexibility index (Phi) is 5.17. The van der Waals surface area contributed by atoms with Crippen molar-refractivity contribution in [3.63, 3.8) is 0 Å². The van der Waals surface area contributed by atoms with Crippen LogP contribution in [-0.4, -0.2) is 35.3 Å². The van der Waals surface area contributed by atoms with Gasteiger partial charge in [-0.3, -0.25) is 4.90 Å². The highest BCUT2D eigenvalue weighted by atomic mass is 16.5. The van der Waals surface area contributed by atoms with Gasteiger partial charge in [-0.05, 0) is 52.4 Å². The van der Waals surface area contributed by atoms with E-state index in [0.717, 1.165) is 12.3 Å². The Labute approximate surface area is 110 Å². The molecule has 3 nitrogen and oxygen atoms in total. The molecule has 0 radical (unpaired) electrons. The summed E-state index contributed by atoms with van der Waals surface area (Å²) in [4.78, 5) is 2.14. The first kappa shape index (κ1) is 15.0. The van der Waals surface area contributed by atoms with Gasteiger partial charge in [-0.25, -0.2) is 0 Å². The molecule has 0 heterocycles. The summed E-state index contributed by atoms with van der Waals surface area (Å²) in [5.41, 5.74) is 1.02. The molecule has 0 aliphatic heterocycles. The molecule has 0 amide bonds. The number of aliphatic hydroxyl groups excluding tert-OH is 1. The quantitative estimate of drug-likeness (QED) is 0.843. The van der Waals surface area contributed by atoms with Crippen molar-refractivity contribution in [2.75, 3.05) is 13.7 Å². The van der Waals surface area contributed by atoms with E-state index in [0.29, 0.717) is 0 Å². The van der Waals surface area contributed by atoms with Crippen LogP contribution in [0.3, 0.4) is 0 Å². The number of rotatable bonds is 6. The minimum Gasteiger partial charge on any atom is -0.491 e. The van der Waals surface area contributed by atoms with Gasteiger partial charge < -0.3 is 9.84 Å². The van der Waals surface area contributed by atoms with Gasteiger partial charge in [0.2, 0.25) is 0 Å². The Balaban J connectivity index is 2.64. The molecular weight excluding hydrogens is 226 g/mol. The maximum Gasteiger partial charge on any atom is 0.119 e. The van der Waals surface area contributed by atoms with E-state index in [4.69, 9.17) is 4.74 Å². The Hall–Kier alpha value is -1.06. The molecule has 0 aliphatic carbocycles. The Bertz CT molecular complexity index is 357. The van der Waals surface area contributed by atoms with Crippen LogP contribution >= 0.6 is 0 Å². The van der Waals surface area contributed by atoms with Gasteiger partial charge in [-0.1, -0.05) is 12.1 Å². The average molecular weight is 251 g/mol. The standard InChI is InChI=1S/C15H25NO2/c1-12(2)18-14-8-6-13(7-9-14)10-16(5)15(3,4)11-17/h6-9,12,17H,10-11H2,1-5H3. The number of hydrogen-bond acceptors (Lipinski definition) is 3. The van der Waals surface area contributed by atoms with Crippen LogP contribution in [0.15, 0.2) is 24.3 Å². The summed E-state index contributed by atoms with van der Waals surface area (Å²) in [5.74, 6) is 0.901. The van der Waals surface area contributed by atoms with Gasteiger partial charge >= 0.3 is 0 Å². The Morgan fingerprint density at radius 2 is 1.78 bits per heavy atom. The molecule has 0 aromatic heterocycles. The largest absolute Gasteiger partial charge is 0.491 e. The molecule has 0 saturated carbocycles. The number of aliphatic hydroxyl groups is 1. The molecular formula is C15H25NO2. The lowest BCUT2D eigenvalue weighted by atomic mass is 10.0. The van der Waals surface area contributed by atoms with Gasteiger partial charge in [-0.2, -0.15) is 0 Å². The molecule has 1 rings (SSSR count). The molecule has 1 aromatic rings. The van der Waals surface area contributed by atoms with Crippen molar-refractivity contribution in [3.8, 4) is 5.75 Å². The molecule has 1 N–H and O–H groups in total. The lowest BCUT2D eigenvalue weighted by molar-refractivity contribution is 0.0734. The second kappa shape index (κ2) is 6.21. The third kappa shape index (κ3) is 4.31. The van der Waals surface area contributed by atoms with Gasteiger partial charge in [0.25, 0.3) is 0 Å². The fourth-order valence-electron chi connectivity index (χ4n) is 1.55. The number of hydrogen-bond donors (Lipinski definition) is 1. The summed E-state index contributed by atoms with van der Waals surface area (Å²) in [5, 5.41) is 9.32. The van der Waals surface area contributed by atoms with E-state index in [9.17, 15) is 5.11 Å². The molecule has 0 bridgehead atoms. The van der Waals surface area contributed by atoms with E-state index in [1.165, 1.54) is 5.56 Å². The van der Waals surface area contributed by atoms with Crippen molar-refractivity contribution < 1.29 is 9.84 Å². The third-order valence-corrected chi connectivity index (χ3v) is 3.14. The third-order valence-electron chi connectivity index (χ3n) is 3.14. The van der Waals surface area contributed by atoms with Crippen LogP contribution in [-0.2, 0) is 6.54 Å². The number of likely N-dealkylation sites (N-methyl/N-ethyl adjacent to an activating group) is 1. The highest BCUT2D eigenvalue weighted by Gasteiger charge is 2.22. The Morgan fingerprint density at radius 1 is 1.22 bits per heavy atom. The van der Waals surface area contributed by atoms with Crippen LogP contribution in [0.25, 0.3) is 0 Å². The zero-order valence-electron chi connectivity index (χ0n) is 12.1. The van der Waals surface area contributed by atoms with Gasteiger partial charge in [-0.15, -0.1) is 0 Å². The van der Waals surface area contributed by atoms with Gasteiger partial charge in [0.05, 0.1) is 12.7 Å². The number of nitrogens with zero attached hydrogens (tertiary/aromatic N) is 1. The fourth-order valence-corrected chi connectivity index (χ4v) is 1.55. The summed E-state index contributed by atoms with van der Waals surface area (Å²) in [6.45, 7) is 9.07. The maximum atomic E-state index is 9.32. The predicted molar refractivity (Wildman–Crippen MR) is 74.8 cm³/mol. The molecule has 0 fully saturated rings. The predicted octanol–water partition coefficient (Wildman–Crippen LogP) is 2.68. The topological polar surface area (TPSA) is 32.7 Å². The van der Waals surface area contributed by atoms with E-state index in [2.05, 4.69) is 17.0 Å². The fraction of sp³-hybridized carbons (Fsp3) is 0.600. The van der Waals surface area contributed by atoms with E-state index >= 15 is 0 Å². The molecule has 0 aliphatic rings. The lowest BCUT2D eigenvalue weighted by Gasteiger charge is -2.33. The van der Waals surface area contributed by atoms with Crippen molar-refractivity contribution >= 4 is 0 Å². The summed E-state index contributed by atoms with van der Waals surface area (Å²) in [6, 6.07) is 8.13. The van der Waals surface area contributed by atoms with Gasteiger partial charge in [0, 0.05) is 12.1 Å². The SMILES string of the molecule is CC(C)Oc1ccc(CN(C)C(C)(C)CO)cc1. The number of ether oxygens (including phenoxy) is 1. The van der Waals surface area contributed by atoms with E-state index in [-0.39, 0.29) is 18.2 Å². The van der Waals surface area contributed by atoms with E-state index in [1.54, 1.807) is 0 Å². The highest BCUT2D eigenvalue weighted by molar-refractivity contribution is 5.27. The minimum atomic E-state index is -0.201. The molecule has 1 aromatic carbocycles. The zero-order valence-corrected chi connectivity index (χ0v) is 12.1. The van der Waals surface area contributed by atoms with Crippen molar-refractivity contribution in [1.82, 2.24) is 4.90 Å². The van der Waals surface area contributed by atoms with Crippen molar-refractivity contribution in [3.05, 3.63) is 29.8 Å². The molecule has 0 spiro atoms. The molecule has 0 atom stereocenters. The second-order valence-corrected chi connectivity index (χ2v) is 5.64.